The molecule has 1 atom stereocenters. The number of aliphatic hydroxyl groups is 1. The zero-order valence-electron chi connectivity index (χ0n) is 11.1. The van der Waals surface area contributed by atoms with Gasteiger partial charge < -0.3 is 10.4 Å². The van der Waals surface area contributed by atoms with Crippen molar-refractivity contribution in [3.05, 3.63) is 34.9 Å². The first-order chi connectivity index (χ1) is 8.22. The van der Waals surface area contributed by atoms with Crippen molar-refractivity contribution < 1.29 is 5.11 Å². The van der Waals surface area contributed by atoms with Crippen molar-refractivity contribution >= 4 is 12.4 Å². The number of aliphatic hydroxyl groups excluding tert-OH is 1. The second kappa shape index (κ2) is 7.10. The maximum atomic E-state index is 9.63. The Bertz CT molecular complexity index is 378. The van der Waals surface area contributed by atoms with Crippen LogP contribution in [0.1, 0.15) is 22.7 Å². The number of hydrogen-bond acceptors (Lipinski definition) is 3. The summed E-state index contributed by atoms with van der Waals surface area (Å²) in [6.45, 7) is 8.50. The van der Waals surface area contributed by atoms with Gasteiger partial charge in [0.15, 0.2) is 0 Å². The Kier molecular flexibility index (Phi) is 6.09. The van der Waals surface area contributed by atoms with Crippen molar-refractivity contribution in [2.75, 3.05) is 32.8 Å². The van der Waals surface area contributed by atoms with Crippen molar-refractivity contribution in [2.24, 2.45) is 0 Å². The molecule has 1 saturated heterocycles. The summed E-state index contributed by atoms with van der Waals surface area (Å²) in [5.74, 6) is 0. The van der Waals surface area contributed by atoms with E-state index < -0.39 is 0 Å². The molecule has 1 aliphatic rings. The molecule has 0 bridgehead atoms. The summed E-state index contributed by atoms with van der Waals surface area (Å²) in [6.07, 6.45) is 0. The summed E-state index contributed by atoms with van der Waals surface area (Å²) >= 11 is 0. The number of benzene rings is 1. The van der Waals surface area contributed by atoms with Crippen molar-refractivity contribution in [3.63, 3.8) is 0 Å². The van der Waals surface area contributed by atoms with E-state index in [4.69, 9.17) is 0 Å². The van der Waals surface area contributed by atoms with Crippen LogP contribution in [-0.4, -0.2) is 42.8 Å². The van der Waals surface area contributed by atoms with Gasteiger partial charge in [0, 0.05) is 26.2 Å². The summed E-state index contributed by atoms with van der Waals surface area (Å²) < 4.78 is 0. The third-order valence-electron chi connectivity index (χ3n) is 3.68. The molecule has 3 nitrogen and oxygen atoms in total. The van der Waals surface area contributed by atoms with Gasteiger partial charge in [-0.15, -0.1) is 12.4 Å². The molecule has 2 rings (SSSR count). The van der Waals surface area contributed by atoms with Gasteiger partial charge in [0.1, 0.15) is 0 Å². The maximum absolute atomic E-state index is 9.63. The Hall–Kier alpha value is -0.610. The van der Waals surface area contributed by atoms with E-state index in [2.05, 4.69) is 42.3 Å². The maximum Gasteiger partial charge on any atom is 0.0628 e. The molecule has 0 unspecified atom stereocenters. The van der Waals surface area contributed by atoms with Crippen LogP contribution in [0.2, 0.25) is 0 Å². The summed E-state index contributed by atoms with van der Waals surface area (Å²) in [6, 6.07) is 6.65. The van der Waals surface area contributed by atoms with Gasteiger partial charge in [-0.1, -0.05) is 18.2 Å². The molecule has 1 fully saturated rings. The largest absolute Gasteiger partial charge is 0.394 e. The van der Waals surface area contributed by atoms with Crippen LogP contribution in [-0.2, 0) is 0 Å². The average Bonchev–Trinajstić information content (AvgIpc) is 2.36. The number of piperazine rings is 1. The Morgan fingerprint density at radius 1 is 1.22 bits per heavy atom. The number of rotatable bonds is 3. The van der Waals surface area contributed by atoms with Gasteiger partial charge in [0.2, 0.25) is 0 Å². The minimum atomic E-state index is 0. The second-order valence-corrected chi connectivity index (χ2v) is 4.83. The fourth-order valence-electron chi connectivity index (χ4n) is 2.40. The molecule has 1 heterocycles. The van der Waals surface area contributed by atoms with Gasteiger partial charge in [-0.2, -0.15) is 0 Å². The van der Waals surface area contributed by atoms with Gasteiger partial charge in [-0.3, -0.25) is 4.90 Å². The summed E-state index contributed by atoms with van der Waals surface area (Å²) in [5, 5.41) is 13.0. The first kappa shape index (κ1) is 15.4. The Balaban J connectivity index is 0.00000162. The average molecular weight is 271 g/mol. The standard InChI is InChI=1S/C14H22N2O.ClH/c1-11-3-4-13(9-12(11)2)14(10-17)16-7-5-15-6-8-16;/h3-4,9,14-15,17H,5-8,10H2,1-2H3;1H/t14-;/m1./s1. The highest BCUT2D eigenvalue weighted by Crippen LogP contribution is 2.22. The summed E-state index contributed by atoms with van der Waals surface area (Å²) in [4.78, 5) is 2.36. The normalized spacial score (nSPS) is 18.2. The van der Waals surface area contributed by atoms with Crippen LogP contribution < -0.4 is 5.32 Å². The van der Waals surface area contributed by atoms with E-state index >= 15 is 0 Å². The zero-order valence-corrected chi connectivity index (χ0v) is 12.0. The molecule has 1 aromatic carbocycles. The Labute approximate surface area is 116 Å². The molecule has 4 heteroatoms. The molecule has 0 amide bonds. The first-order valence-electron chi connectivity index (χ1n) is 6.35. The topological polar surface area (TPSA) is 35.5 Å². The lowest BCUT2D eigenvalue weighted by Crippen LogP contribution is -2.46. The minimum absolute atomic E-state index is 0. The van der Waals surface area contributed by atoms with Crippen molar-refractivity contribution in [3.8, 4) is 0 Å². The molecule has 2 N–H and O–H groups in total. The van der Waals surface area contributed by atoms with Crippen LogP contribution in [0.3, 0.4) is 0 Å². The molecule has 1 aromatic rings. The van der Waals surface area contributed by atoms with Crippen molar-refractivity contribution in [1.29, 1.82) is 0 Å². The van der Waals surface area contributed by atoms with E-state index in [0.717, 1.165) is 26.2 Å². The van der Waals surface area contributed by atoms with E-state index in [1.807, 2.05) is 0 Å². The van der Waals surface area contributed by atoms with Crippen LogP contribution in [0.5, 0.6) is 0 Å². The van der Waals surface area contributed by atoms with Gasteiger partial charge in [-0.05, 0) is 30.5 Å². The van der Waals surface area contributed by atoms with Crippen molar-refractivity contribution in [2.45, 2.75) is 19.9 Å². The van der Waals surface area contributed by atoms with Crippen LogP contribution in [0, 0.1) is 13.8 Å². The van der Waals surface area contributed by atoms with E-state index in [1.165, 1.54) is 16.7 Å². The number of nitrogens with zero attached hydrogens (tertiary/aromatic N) is 1. The number of hydrogen-bond donors (Lipinski definition) is 2. The molecule has 0 aliphatic carbocycles. The van der Waals surface area contributed by atoms with Crippen LogP contribution in [0.15, 0.2) is 18.2 Å². The molecule has 1 aliphatic heterocycles. The van der Waals surface area contributed by atoms with Gasteiger partial charge in [0.25, 0.3) is 0 Å². The molecule has 102 valence electrons. The highest BCUT2D eigenvalue weighted by atomic mass is 35.5. The first-order valence-corrected chi connectivity index (χ1v) is 6.35. The number of aryl methyl sites for hydroxylation is 2. The van der Waals surface area contributed by atoms with Crippen LogP contribution in [0.4, 0.5) is 0 Å². The quantitative estimate of drug-likeness (QED) is 0.877. The van der Waals surface area contributed by atoms with E-state index in [-0.39, 0.29) is 25.1 Å². The molecular weight excluding hydrogens is 248 g/mol. The SMILES string of the molecule is Cc1ccc([C@@H](CO)N2CCNCC2)cc1C.Cl. The molecule has 0 spiro atoms. The van der Waals surface area contributed by atoms with E-state index in [1.54, 1.807) is 0 Å². The second-order valence-electron chi connectivity index (χ2n) is 4.83. The predicted molar refractivity (Wildman–Crippen MR) is 77.4 cm³/mol. The lowest BCUT2D eigenvalue weighted by Gasteiger charge is -2.34. The fraction of sp³-hybridized carbons (Fsp3) is 0.571. The predicted octanol–water partition coefficient (Wildman–Crippen LogP) is 1.66. The Morgan fingerprint density at radius 3 is 2.44 bits per heavy atom. The van der Waals surface area contributed by atoms with E-state index in [9.17, 15) is 5.11 Å². The number of halogens is 1. The third-order valence-corrected chi connectivity index (χ3v) is 3.68. The number of nitrogens with one attached hydrogen (secondary N) is 1. The molecule has 0 radical (unpaired) electrons. The van der Waals surface area contributed by atoms with Crippen LogP contribution in [0.25, 0.3) is 0 Å². The minimum Gasteiger partial charge on any atom is -0.394 e. The van der Waals surface area contributed by atoms with Gasteiger partial charge in [0.05, 0.1) is 12.6 Å². The van der Waals surface area contributed by atoms with Gasteiger partial charge in [-0.25, -0.2) is 0 Å². The summed E-state index contributed by atoms with van der Waals surface area (Å²) in [7, 11) is 0. The molecule has 0 saturated carbocycles. The van der Waals surface area contributed by atoms with Crippen molar-refractivity contribution in [1.82, 2.24) is 10.2 Å². The fourth-order valence-corrected chi connectivity index (χ4v) is 2.40. The highest BCUT2D eigenvalue weighted by Gasteiger charge is 2.21. The summed E-state index contributed by atoms with van der Waals surface area (Å²) in [5.41, 5.74) is 3.85. The lowest BCUT2D eigenvalue weighted by molar-refractivity contribution is 0.111. The molecular formula is C14H23ClN2O. The monoisotopic (exact) mass is 270 g/mol. The Morgan fingerprint density at radius 2 is 1.89 bits per heavy atom. The highest BCUT2D eigenvalue weighted by molar-refractivity contribution is 5.85. The molecule has 0 aromatic heterocycles. The van der Waals surface area contributed by atoms with Gasteiger partial charge >= 0.3 is 0 Å². The third kappa shape index (κ3) is 3.45. The van der Waals surface area contributed by atoms with E-state index in [0.29, 0.717) is 0 Å². The lowest BCUT2D eigenvalue weighted by atomic mass is 10.00. The van der Waals surface area contributed by atoms with Crippen LogP contribution >= 0.6 is 12.4 Å². The smallest absolute Gasteiger partial charge is 0.0628 e. The zero-order chi connectivity index (χ0) is 12.3. The molecule has 18 heavy (non-hydrogen) atoms.